The molecule has 0 aromatic carbocycles. The van der Waals surface area contributed by atoms with Gasteiger partial charge in [-0.05, 0) is 25.8 Å². The van der Waals surface area contributed by atoms with Crippen LogP contribution >= 0.6 is 11.3 Å². The van der Waals surface area contributed by atoms with E-state index in [2.05, 4.69) is 28.3 Å². The van der Waals surface area contributed by atoms with Gasteiger partial charge in [0.2, 0.25) is 5.91 Å². The summed E-state index contributed by atoms with van der Waals surface area (Å²) in [7, 11) is 3.39. The van der Waals surface area contributed by atoms with Crippen molar-refractivity contribution in [1.29, 1.82) is 0 Å². The van der Waals surface area contributed by atoms with Crippen molar-refractivity contribution in [3.63, 3.8) is 0 Å². The van der Waals surface area contributed by atoms with Gasteiger partial charge in [0.1, 0.15) is 6.61 Å². The van der Waals surface area contributed by atoms with Gasteiger partial charge in [-0.15, -0.1) is 11.3 Å². The molecule has 5 nitrogen and oxygen atoms in total. The second kappa shape index (κ2) is 7.85. The number of aryl methyl sites for hydroxylation is 1. The van der Waals surface area contributed by atoms with Gasteiger partial charge in [-0.25, -0.2) is 4.98 Å². The van der Waals surface area contributed by atoms with E-state index in [1.54, 1.807) is 23.3 Å². The molecule has 0 bridgehead atoms. The van der Waals surface area contributed by atoms with E-state index in [0.29, 0.717) is 0 Å². The highest BCUT2D eigenvalue weighted by molar-refractivity contribution is 7.09. The SMILES string of the molecule is COCC(=O)N(C)C(C)C1=CCCN(Cc2csc(C)n2)C1. The minimum Gasteiger partial charge on any atom is -0.375 e. The van der Waals surface area contributed by atoms with Gasteiger partial charge < -0.3 is 9.64 Å². The summed E-state index contributed by atoms with van der Waals surface area (Å²) in [6.07, 6.45) is 3.29. The van der Waals surface area contributed by atoms with E-state index in [1.807, 2.05) is 14.0 Å². The summed E-state index contributed by atoms with van der Waals surface area (Å²) in [5, 5.41) is 3.24. The third-order valence-electron chi connectivity index (χ3n) is 4.09. The molecule has 1 aromatic heterocycles. The molecule has 0 saturated heterocycles. The molecule has 22 heavy (non-hydrogen) atoms. The van der Waals surface area contributed by atoms with Crippen molar-refractivity contribution in [2.24, 2.45) is 0 Å². The van der Waals surface area contributed by atoms with E-state index >= 15 is 0 Å². The van der Waals surface area contributed by atoms with Crippen molar-refractivity contribution in [1.82, 2.24) is 14.8 Å². The maximum absolute atomic E-state index is 12.0. The number of likely N-dealkylation sites (N-methyl/N-ethyl adjacent to an activating group) is 1. The van der Waals surface area contributed by atoms with Crippen molar-refractivity contribution in [3.05, 3.63) is 27.7 Å². The van der Waals surface area contributed by atoms with Crippen molar-refractivity contribution in [2.45, 2.75) is 32.9 Å². The van der Waals surface area contributed by atoms with Gasteiger partial charge in [0.05, 0.1) is 16.7 Å². The van der Waals surface area contributed by atoms with Crippen LogP contribution in [0.2, 0.25) is 0 Å². The Bertz CT molecular complexity index is 541. The fourth-order valence-corrected chi connectivity index (χ4v) is 3.28. The van der Waals surface area contributed by atoms with E-state index < -0.39 is 0 Å². The number of rotatable bonds is 6. The molecule has 0 radical (unpaired) electrons. The van der Waals surface area contributed by atoms with E-state index in [1.165, 1.54) is 5.57 Å². The second-order valence-electron chi connectivity index (χ2n) is 5.75. The van der Waals surface area contributed by atoms with Crippen LogP contribution in [0.3, 0.4) is 0 Å². The highest BCUT2D eigenvalue weighted by Crippen LogP contribution is 2.19. The van der Waals surface area contributed by atoms with Crippen LogP contribution in [-0.4, -0.2) is 60.6 Å². The maximum atomic E-state index is 12.0. The molecule has 0 N–H and O–H groups in total. The van der Waals surface area contributed by atoms with Gasteiger partial charge in [0.15, 0.2) is 0 Å². The average Bonchev–Trinajstić information content (AvgIpc) is 2.91. The first-order valence-electron chi connectivity index (χ1n) is 7.58. The molecular formula is C16H25N3O2S. The van der Waals surface area contributed by atoms with Gasteiger partial charge in [-0.1, -0.05) is 6.08 Å². The fourth-order valence-electron chi connectivity index (χ4n) is 2.67. The van der Waals surface area contributed by atoms with Crippen molar-refractivity contribution < 1.29 is 9.53 Å². The van der Waals surface area contributed by atoms with Gasteiger partial charge in [0.25, 0.3) is 0 Å². The van der Waals surface area contributed by atoms with Crippen LogP contribution in [0.4, 0.5) is 0 Å². The lowest BCUT2D eigenvalue weighted by Crippen LogP contribution is -2.42. The molecular weight excluding hydrogens is 298 g/mol. The molecule has 1 aliphatic heterocycles. The molecule has 1 aromatic rings. The summed E-state index contributed by atoms with van der Waals surface area (Å²) >= 11 is 1.70. The van der Waals surface area contributed by atoms with E-state index in [-0.39, 0.29) is 18.6 Å². The Balaban J connectivity index is 1.94. The summed E-state index contributed by atoms with van der Waals surface area (Å²) in [6, 6.07) is 0.0996. The number of thiazole rings is 1. The van der Waals surface area contributed by atoms with Gasteiger partial charge in [-0.3, -0.25) is 9.69 Å². The van der Waals surface area contributed by atoms with Gasteiger partial charge in [-0.2, -0.15) is 0 Å². The lowest BCUT2D eigenvalue weighted by atomic mass is 10.0. The van der Waals surface area contributed by atoms with Crippen LogP contribution < -0.4 is 0 Å². The average molecular weight is 323 g/mol. The monoisotopic (exact) mass is 323 g/mol. The van der Waals surface area contributed by atoms with Crippen molar-refractivity contribution in [2.75, 3.05) is 33.9 Å². The number of carbonyl (C=O) groups is 1. The molecule has 2 heterocycles. The van der Waals surface area contributed by atoms with Gasteiger partial charge >= 0.3 is 0 Å². The Morgan fingerprint density at radius 1 is 1.59 bits per heavy atom. The third-order valence-corrected chi connectivity index (χ3v) is 4.91. The van der Waals surface area contributed by atoms with Crippen LogP contribution in [0, 0.1) is 6.92 Å². The number of hydrogen-bond acceptors (Lipinski definition) is 5. The molecule has 1 aliphatic rings. The van der Waals surface area contributed by atoms with Crippen LogP contribution in [0.25, 0.3) is 0 Å². The molecule has 1 atom stereocenters. The normalized spacial score (nSPS) is 17.2. The minimum atomic E-state index is 0.0168. The number of ether oxygens (including phenoxy) is 1. The Kier molecular flexibility index (Phi) is 6.11. The van der Waals surface area contributed by atoms with Crippen LogP contribution in [0.1, 0.15) is 24.0 Å². The lowest BCUT2D eigenvalue weighted by Gasteiger charge is -2.33. The highest BCUT2D eigenvalue weighted by Gasteiger charge is 2.23. The zero-order valence-corrected chi connectivity index (χ0v) is 14.7. The fraction of sp³-hybridized carbons (Fsp3) is 0.625. The lowest BCUT2D eigenvalue weighted by molar-refractivity contribution is -0.135. The quantitative estimate of drug-likeness (QED) is 0.752. The molecule has 0 saturated carbocycles. The molecule has 1 unspecified atom stereocenters. The first kappa shape index (κ1) is 17.1. The third kappa shape index (κ3) is 4.38. The van der Waals surface area contributed by atoms with E-state index in [4.69, 9.17) is 4.74 Å². The molecule has 6 heteroatoms. The summed E-state index contributed by atoms with van der Waals surface area (Å²) in [5.74, 6) is 0.0168. The summed E-state index contributed by atoms with van der Waals surface area (Å²) in [4.78, 5) is 20.7. The second-order valence-corrected chi connectivity index (χ2v) is 6.81. The summed E-state index contributed by atoms with van der Waals surface area (Å²) in [6.45, 7) is 7.06. The Labute approximate surface area is 136 Å². The van der Waals surface area contributed by atoms with E-state index in [9.17, 15) is 4.79 Å². The molecule has 1 amide bonds. The Morgan fingerprint density at radius 2 is 2.36 bits per heavy atom. The number of nitrogens with zero attached hydrogens (tertiary/aromatic N) is 3. The maximum Gasteiger partial charge on any atom is 0.248 e. The zero-order chi connectivity index (χ0) is 16.1. The molecule has 0 fully saturated rings. The van der Waals surface area contributed by atoms with Crippen LogP contribution in [-0.2, 0) is 16.1 Å². The number of methoxy groups -OCH3 is 1. The topological polar surface area (TPSA) is 45.7 Å². The number of carbonyl (C=O) groups excluding carboxylic acids is 1. The number of hydrogen-bond donors (Lipinski definition) is 0. The Hall–Kier alpha value is -1.24. The standard InChI is InChI=1S/C16H25N3O2S/c1-12(18(3)16(20)10-21-4)14-6-5-7-19(8-14)9-15-11-22-13(2)17-15/h6,11-12H,5,7-10H2,1-4H3. The highest BCUT2D eigenvalue weighted by atomic mass is 32.1. The molecule has 0 spiro atoms. The van der Waals surface area contributed by atoms with E-state index in [0.717, 1.165) is 36.8 Å². The molecule has 0 aliphatic carbocycles. The predicted octanol–water partition coefficient (Wildman–Crippen LogP) is 2.08. The summed E-state index contributed by atoms with van der Waals surface area (Å²) in [5.41, 5.74) is 2.44. The van der Waals surface area contributed by atoms with Crippen LogP contribution in [0.5, 0.6) is 0 Å². The smallest absolute Gasteiger partial charge is 0.248 e. The molecule has 122 valence electrons. The predicted molar refractivity (Wildman–Crippen MR) is 88.9 cm³/mol. The largest absolute Gasteiger partial charge is 0.375 e. The van der Waals surface area contributed by atoms with Gasteiger partial charge in [0, 0.05) is 39.2 Å². The minimum absolute atomic E-state index is 0.0168. The van der Waals surface area contributed by atoms with Crippen molar-refractivity contribution in [3.8, 4) is 0 Å². The zero-order valence-electron chi connectivity index (χ0n) is 13.8. The first-order valence-corrected chi connectivity index (χ1v) is 8.46. The number of aromatic nitrogens is 1. The first-order chi connectivity index (χ1) is 10.5. The number of amides is 1. The van der Waals surface area contributed by atoms with Crippen LogP contribution in [0.15, 0.2) is 17.0 Å². The van der Waals surface area contributed by atoms with Crippen molar-refractivity contribution >= 4 is 17.2 Å². The molecule has 2 rings (SSSR count). The Morgan fingerprint density at radius 3 is 3.00 bits per heavy atom. The summed E-state index contributed by atoms with van der Waals surface area (Å²) < 4.78 is 4.94.